The summed E-state index contributed by atoms with van der Waals surface area (Å²) in [6.07, 6.45) is 1.51. The van der Waals surface area contributed by atoms with Crippen LogP contribution >= 0.6 is 0 Å². The second-order valence-corrected chi connectivity index (χ2v) is 5.20. The van der Waals surface area contributed by atoms with E-state index in [1.807, 2.05) is 32.0 Å². The molecule has 0 unspecified atom stereocenters. The summed E-state index contributed by atoms with van der Waals surface area (Å²) in [5, 5.41) is 9.21. The summed E-state index contributed by atoms with van der Waals surface area (Å²) in [6, 6.07) is 9.33. The summed E-state index contributed by atoms with van der Waals surface area (Å²) in [7, 11) is 0. The van der Waals surface area contributed by atoms with E-state index in [1.54, 1.807) is 12.1 Å². The van der Waals surface area contributed by atoms with Crippen LogP contribution in [0, 0.1) is 6.92 Å². The number of carboxylic acids is 1. The largest absolute Gasteiger partial charge is 0.493 e. The van der Waals surface area contributed by atoms with E-state index in [4.69, 9.17) is 4.74 Å². The Balaban J connectivity index is 2.51. The van der Waals surface area contributed by atoms with Gasteiger partial charge in [-0.2, -0.15) is 0 Å². The SMILES string of the molecule is CCCOc1ccc(C)cc1-c1ccc(C(=O)O)c(CC)n1. The van der Waals surface area contributed by atoms with Gasteiger partial charge in [0, 0.05) is 5.56 Å². The Kier molecular flexibility index (Phi) is 5.15. The molecule has 0 atom stereocenters. The predicted octanol–water partition coefficient (Wildman–Crippen LogP) is 4.11. The molecule has 2 aromatic rings. The Bertz CT molecular complexity index is 680. The van der Waals surface area contributed by atoms with Crippen molar-refractivity contribution in [1.82, 2.24) is 4.98 Å². The summed E-state index contributed by atoms with van der Waals surface area (Å²) < 4.78 is 5.79. The summed E-state index contributed by atoms with van der Waals surface area (Å²) in [6.45, 7) is 6.62. The first-order valence-electron chi connectivity index (χ1n) is 7.53. The molecular weight excluding hydrogens is 278 g/mol. The first-order chi connectivity index (χ1) is 10.6. The lowest BCUT2D eigenvalue weighted by molar-refractivity contribution is 0.0695. The van der Waals surface area contributed by atoms with Gasteiger partial charge in [-0.05, 0) is 44.0 Å². The second kappa shape index (κ2) is 7.07. The molecule has 0 saturated heterocycles. The van der Waals surface area contributed by atoms with Crippen molar-refractivity contribution in [3.63, 3.8) is 0 Å². The molecule has 22 heavy (non-hydrogen) atoms. The van der Waals surface area contributed by atoms with Crippen molar-refractivity contribution < 1.29 is 14.6 Å². The van der Waals surface area contributed by atoms with Crippen LogP contribution in [0.15, 0.2) is 30.3 Å². The second-order valence-electron chi connectivity index (χ2n) is 5.20. The number of rotatable bonds is 6. The van der Waals surface area contributed by atoms with Crippen LogP contribution in [0.25, 0.3) is 11.3 Å². The quantitative estimate of drug-likeness (QED) is 0.872. The van der Waals surface area contributed by atoms with Gasteiger partial charge in [0.15, 0.2) is 0 Å². The standard InChI is InChI=1S/C18H21NO3/c1-4-10-22-17-9-6-12(3)11-14(17)16-8-7-13(18(20)21)15(5-2)19-16/h6-9,11H,4-5,10H2,1-3H3,(H,20,21). The van der Waals surface area contributed by atoms with Crippen molar-refractivity contribution in [3.05, 3.63) is 47.2 Å². The summed E-state index contributed by atoms with van der Waals surface area (Å²) in [5.41, 5.74) is 3.61. The van der Waals surface area contributed by atoms with Crippen molar-refractivity contribution in [2.75, 3.05) is 6.61 Å². The average Bonchev–Trinajstić information content (AvgIpc) is 2.52. The molecule has 0 aliphatic carbocycles. The number of aryl methyl sites for hydroxylation is 2. The van der Waals surface area contributed by atoms with Crippen molar-refractivity contribution in [3.8, 4) is 17.0 Å². The molecule has 4 nitrogen and oxygen atoms in total. The van der Waals surface area contributed by atoms with Crippen LogP contribution in [0.3, 0.4) is 0 Å². The van der Waals surface area contributed by atoms with Crippen LogP contribution in [-0.4, -0.2) is 22.7 Å². The zero-order valence-electron chi connectivity index (χ0n) is 13.2. The fourth-order valence-electron chi connectivity index (χ4n) is 2.30. The van der Waals surface area contributed by atoms with Gasteiger partial charge in [0.1, 0.15) is 5.75 Å². The fourth-order valence-corrected chi connectivity index (χ4v) is 2.30. The molecule has 0 saturated carbocycles. The lowest BCUT2D eigenvalue weighted by Gasteiger charge is -2.13. The van der Waals surface area contributed by atoms with Crippen LogP contribution in [0.5, 0.6) is 5.75 Å². The van der Waals surface area contributed by atoms with Gasteiger partial charge in [-0.3, -0.25) is 4.98 Å². The van der Waals surface area contributed by atoms with E-state index in [2.05, 4.69) is 11.9 Å². The molecule has 4 heteroatoms. The summed E-state index contributed by atoms with van der Waals surface area (Å²) >= 11 is 0. The molecule has 0 radical (unpaired) electrons. The molecular formula is C18H21NO3. The Morgan fingerprint density at radius 1 is 1.23 bits per heavy atom. The fraction of sp³-hybridized carbons (Fsp3) is 0.333. The van der Waals surface area contributed by atoms with Gasteiger partial charge in [0.05, 0.1) is 23.6 Å². The highest BCUT2D eigenvalue weighted by Gasteiger charge is 2.14. The van der Waals surface area contributed by atoms with Crippen molar-refractivity contribution in [1.29, 1.82) is 0 Å². The number of hydrogen-bond acceptors (Lipinski definition) is 3. The highest BCUT2D eigenvalue weighted by molar-refractivity contribution is 5.89. The number of pyridine rings is 1. The Morgan fingerprint density at radius 2 is 2.00 bits per heavy atom. The zero-order chi connectivity index (χ0) is 16.1. The van der Waals surface area contributed by atoms with E-state index in [9.17, 15) is 9.90 Å². The van der Waals surface area contributed by atoms with Crippen LogP contribution in [-0.2, 0) is 6.42 Å². The summed E-state index contributed by atoms with van der Waals surface area (Å²) in [5.74, 6) is -0.160. The molecule has 0 amide bonds. The molecule has 1 aromatic heterocycles. The van der Waals surface area contributed by atoms with Crippen LogP contribution < -0.4 is 4.74 Å². The molecule has 1 aromatic carbocycles. The molecule has 0 fully saturated rings. The number of carbonyl (C=O) groups is 1. The highest BCUT2D eigenvalue weighted by atomic mass is 16.5. The third-order valence-electron chi connectivity index (χ3n) is 3.41. The van der Waals surface area contributed by atoms with E-state index < -0.39 is 5.97 Å². The zero-order valence-corrected chi connectivity index (χ0v) is 13.2. The van der Waals surface area contributed by atoms with Gasteiger partial charge in [-0.25, -0.2) is 4.79 Å². The lowest BCUT2D eigenvalue weighted by atomic mass is 10.0. The van der Waals surface area contributed by atoms with Crippen molar-refractivity contribution in [2.45, 2.75) is 33.6 Å². The first-order valence-corrected chi connectivity index (χ1v) is 7.53. The number of aromatic nitrogens is 1. The molecule has 1 N–H and O–H groups in total. The Labute approximate surface area is 130 Å². The molecule has 0 aliphatic rings. The van der Waals surface area contributed by atoms with Crippen molar-refractivity contribution in [2.24, 2.45) is 0 Å². The molecule has 0 bridgehead atoms. The van der Waals surface area contributed by atoms with Gasteiger partial charge >= 0.3 is 5.97 Å². The van der Waals surface area contributed by atoms with Crippen molar-refractivity contribution >= 4 is 5.97 Å². The minimum atomic E-state index is -0.942. The van der Waals surface area contributed by atoms with Gasteiger partial charge in [0.2, 0.25) is 0 Å². The normalized spacial score (nSPS) is 10.5. The number of nitrogens with zero attached hydrogens (tertiary/aromatic N) is 1. The van der Waals surface area contributed by atoms with E-state index in [1.165, 1.54) is 0 Å². The number of hydrogen-bond donors (Lipinski definition) is 1. The maximum absolute atomic E-state index is 11.2. The molecule has 1 heterocycles. The maximum Gasteiger partial charge on any atom is 0.337 e. The minimum absolute atomic E-state index is 0.259. The molecule has 0 aliphatic heterocycles. The smallest absolute Gasteiger partial charge is 0.337 e. The molecule has 2 rings (SSSR count). The van der Waals surface area contributed by atoms with Crippen LogP contribution in [0.2, 0.25) is 0 Å². The number of carboxylic acid groups (broad SMARTS) is 1. The van der Waals surface area contributed by atoms with Gasteiger partial charge in [-0.1, -0.05) is 25.5 Å². The molecule has 116 valence electrons. The lowest BCUT2D eigenvalue weighted by Crippen LogP contribution is -2.05. The summed E-state index contributed by atoms with van der Waals surface area (Å²) in [4.78, 5) is 15.8. The Hall–Kier alpha value is -2.36. The predicted molar refractivity (Wildman–Crippen MR) is 86.5 cm³/mol. The van der Waals surface area contributed by atoms with Gasteiger partial charge in [0.25, 0.3) is 0 Å². The van der Waals surface area contributed by atoms with E-state index >= 15 is 0 Å². The number of ether oxygens (including phenoxy) is 1. The first kappa shape index (κ1) is 16.0. The van der Waals surface area contributed by atoms with E-state index in [0.717, 1.165) is 29.0 Å². The average molecular weight is 299 g/mol. The number of benzene rings is 1. The Morgan fingerprint density at radius 3 is 2.64 bits per heavy atom. The van der Waals surface area contributed by atoms with Crippen LogP contribution in [0.1, 0.15) is 41.9 Å². The highest BCUT2D eigenvalue weighted by Crippen LogP contribution is 2.30. The molecule has 0 spiro atoms. The minimum Gasteiger partial charge on any atom is -0.493 e. The van der Waals surface area contributed by atoms with E-state index in [-0.39, 0.29) is 5.56 Å². The van der Waals surface area contributed by atoms with Gasteiger partial charge in [-0.15, -0.1) is 0 Å². The maximum atomic E-state index is 11.2. The monoisotopic (exact) mass is 299 g/mol. The third-order valence-corrected chi connectivity index (χ3v) is 3.41. The van der Waals surface area contributed by atoms with E-state index in [0.29, 0.717) is 18.7 Å². The number of aromatic carboxylic acids is 1. The topological polar surface area (TPSA) is 59.4 Å². The van der Waals surface area contributed by atoms with Gasteiger partial charge < -0.3 is 9.84 Å². The third kappa shape index (κ3) is 3.45. The van der Waals surface area contributed by atoms with Crippen LogP contribution in [0.4, 0.5) is 0 Å².